The van der Waals surface area contributed by atoms with E-state index < -0.39 is 52.3 Å². The van der Waals surface area contributed by atoms with Crippen LogP contribution in [0.15, 0.2) is 71.3 Å². The van der Waals surface area contributed by atoms with Crippen LogP contribution in [0.5, 0.6) is 5.75 Å². The van der Waals surface area contributed by atoms with E-state index in [0.29, 0.717) is 37.2 Å². The number of allylic oxidation sites excluding steroid dienone is 2. The van der Waals surface area contributed by atoms with Crippen LogP contribution in [-0.2, 0) is 12.5 Å². The Balaban J connectivity index is 0.00000207. The Morgan fingerprint density at radius 2 is 1.58 bits per heavy atom. The van der Waals surface area contributed by atoms with Crippen LogP contribution in [0.2, 0.25) is 0 Å². The van der Waals surface area contributed by atoms with Crippen LogP contribution in [0.1, 0.15) is 37.3 Å². The molecule has 2 bridgehead atoms. The summed E-state index contributed by atoms with van der Waals surface area (Å²) in [5.41, 5.74) is -0.993. The summed E-state index contributed by atoms with van der Waals surface area (Å²) in [6, 6.07) is 5.22. The first-order chi connectivity index (χ1) is 20.4. The average molecular weight is 612 g/mol. The Labute approximate surface area is 242 Å². The summed E-state index contributed by atoms with van der Waals surface area (Å²) >= 11 is 0. The number of hydrogen-bond acceptors (Lipinski definition) is 2. The predicted molar refractivity (Wildman–Crippen MR) is 145 cm³/mol. The molecule has 1 unspecified atom stereocenters. The van der Waals surface area contributed by atoms with Gasteiger partial charge in [-0.05, 0) is 73.4 Å². The molecule has 1 aliphatic carbocycles. The van der Waals surface area contributed by atoms with Gasteiger partial charge >= 0.3 is 6.11 Å². The molecule has 11 heteroatoms. The van der Waals surface area contributed by atoms with Crippen LogP contribution in [0.25, 0.3) is 11.1 Å². The minimum Gasteiger partial charge on any atom is -0.429 e. The normalized spacial score (nSPS) is 19.6. The molecule has 2 aliphatic rings. The van der Waals surface area contributed by atoms with Crippen molar-refractivity contribution < 1.29 is 44.3 Å². The van der Waals surface area contributed by atoms with Crippen molar-refractivity contribution in [3.05, 3.63) is 112 Å². The molecule has 2 nitrogen and oxygen atoms in total. The van der Waals surface area contributed by atoms with Crippen LogP contribution in [0, 0.1) is 40.8 Å². The largest absolute Gasteiger partial charge is 0.432 e. The fraction of sp³-hybridized carbons (Fsp3) is 0.281. The number of hydrogen-bond donors (Lipinski definition) is 0. The quantitative estimate of drug-likeness (QED) is 0.141. The summed E-state index contributed by atoms with van der Waals surface area (Å²) in [5, 5.41) is 0. The van der Waals surface area contributed by atoms with Gasteiger partial charge in [0, 0.05) is 23.9 Å². The summed E-state index contributed by atoms with van der Waals surface area (Å²) < 4.78 is 127. The monoisotopic (exact) mass is 611 g/mol. The van der Waals surface area contributed by atoms with Gasteiger partial charge in [0.25, 0.3) is 0 Å². The lowest BCUT2D eigenvalue weighted by Crippen LogP contribution is -2.25. The molecule has 3 aromatic carbocycles. The van der Waals surface area contributed by atoms with Crippen molar-refractivity contribution in [2.24, 2.45) is 10.9 Å². The smallest absolute Gasteiger partial charge is 0.429 e. The Morgan fingerprint density at radius 1 is 0.930 bits per heavy atom. The lowest BCUT2D eigenvalue weighted by molar-refractivity contribution is -0.189. The summed E-state index contributed by atoms with van der Waals surface area (Å²) in [6.07, 6.45) is 6.56. The molecular formula is C32H26F9NO. The number of rotatable bonds is 8. The third kappa shape index (κ3) is 6.50. The molecule has 0 radical (unpaired) electrons. The van der Waals surface area contributed by atoms with Crippen LogP contribution in [0.4, 0.5) is 39.5 Å². The minimum absolute atomic E-state index is 0.106. The van der Waals surface area contributed by atoms with Crippen molar-refractivity contribution in [1.82, 2.24) is 0 Å². The number of nitrogens with zero attached hydrogens (tertiary/aromatic N) is 1. The van der Waals surface area contributed by atoms with Crippen molar-refractivity contribution in [2.45, 2.75) is 44.3 Å². The fourth-order valence-corrected chi connectivity index (χ4v) is 5.45. The van der Waals surface area contributed by atoms with Gasteiger partial charge in [0.15, 0.2) is 17.5 Å². The van der Waals surface area contributed by atoms with Crippen LogP contribution >= 0.6 is 0 Å². The fourth-order valence-electron chi connectivity index (χ4n) is 5.45. The van der Waals surface area contributed by atoms with Crippen LogP contribution in [-0.4, -0.2) is 18.9 Å². The molecule has 0 aromatic heterocycles. The van der Waals surface area contributed by atoms with Crippen LogP contribution in [0.3, 0.4) is 0 Å². The van der Waals surface area contributed by atoms with Gasteiger partial charge in [-0.1, -0.05) is 30.4 Å². The summed E-state index contributed by atoms with van der Waals surface area (Å²) in [6.45, 7) is 1.94. The zero-order valence-corrected chi connectivity index (χ0v) is 23.0. The molecular weight excluding hydrogens is 585 g/mol. The van der Waals surface area contributed by atoms with E-state index in [1.54, 1.807) is 6.07 Å². The number of aliphatic imine (C=N–C) groups is 1. The van der Waals surface area contributed by atoms with E-state index in [-0.39, 0.29) is 28.8 Å². The van der Waals surface area contributed by atoms with E-state index in [1.807, 2.05) is 31.4 Å². The number of halogens is 9. The molecule has 1 saturated carbocycles. The SMILES string of the molecule is C/C=C(\C=C/Cc1ccc(-c2cc(F)c(C(F)(F)Oc3cc(F)c(F)c(F)c3)c(F)c2)c(F)c1)[C@@]12CCC(C=N1)C2.CF. The van der Waals surface area contributed by atoms with E-state index >= 15 is 0 Å². The van der Waals surface area contributed by atoms with Crippen molar-refractivity contribution in [2.75, 3.05) is 7.18 Å². The zero-order chi connectivity index (χ0) is 31.5. The van der Waals surface area contributed by atoms with Gasteiger partial charge in [0.2, 0.25) is 0 Å². The second kappa shape index (κ2) is 12.7. The Bertz CT molecular complexity index is 1550. The maximum Gasteiger partial charge on any atom is 0.432 e. The second-order valence-electron chi connectivity index (χ2n) is 10.1. The standard InChI is InChI=1S/C31H23F8NO.CH3F/c1-2-20(30-9-8-18(15-30)16-40-30)5-3-4-17-6-7-22(23(32)10-17)19-11-24(33)28(25(34)12-19)31(38,39)41-21-13-26(35)29(37)27(36)14-21;1-2/h2-3,5-7,10-14,16,18H,4,8-9,15H2,1H3;1H3/b5-3-,20-2+;/t18?,30-;/m0./s1. The summed E-state index contributed by atoms with van der Waals surface area (Å²) in [5.74, 6) is -10.7. The van der Waals surface area contributed by atoms with Gasteiger partial charge in [-0.3, -0.25) is 9.38 Å². The van der Waals surface area contributed by atoms with Gasteiger partial charge < -0.3 is 4.74 Å². The topological polar surface area (TPSA) is 21.6 Å². The Morgan fingerprint density at radius 3 is 2.09 bits per heavy atom. The zero-order valence-electron chi connectivity index (χ0n) is 23.0. The molecule has 1 heterocycles. The maximum absolute atomic E-state index is 15.0. The van der Waals surface area contributed by atoms with E-state index in [4.69, 9.17) is 4.99 Å². The minimum atomic E-state index is -4.74. The lowest BCUT2D eigenvalue weighted by atomic mass is 9.88. The Hall–Kier alpha value is -4.02. The molecule has 228 valence electrons. The summed E-state index contributed by atoms with van der Waals surface area (Å²) in [4.78, 5) is 4.69. The number of benzene rings is 3. The van der Waals surface area contributed by atoms with Gasteiger partial charge in [0.05, 0.1) is 12.7 Å². The van der Waals surface area contributed by atoms with E-state index in [9.17, 15) is 39.5 Å². The van der Waals surface area contributed by atoms with Crippen molar-refractivity contribution >= 4 is 6.21 Å². The molecule has 2 atom stereocenters. The third-order valence-corrected chi connectivity index (χ3v) is 7.44. The number of fused-ring (bicyclic) bond motifs is 2. The highest BCUT2D eigenvalue weighted by atomic mass is 19.3. The second-order valence-corrected chi connectivity index (χ2v) is 10.1. The highest BCUT2D eigenvalue weighted by Gasteiger charge is 2.44. The molecule has 1 fully saturated rings. The maximum atomic E-state index is 15.0. The third-order valence-electron chi connectivity index (χ3n) is 7.44. The first kappa shape index (κ1) is 31.9. The van der Waals surface area contributed by atoms with Crippen molar-refractivity contribution in [3.8, 4) is 16.9 Å². The molecule has 0 N–H and O–H groups in total. The first-order valence-corrected chi connectivity index (χ1v) is 13.2. The lowest BCUT2D eigenvalue weighted by Gasteiger charge is -2.24. The van der Waals surface area contributed by atoms with E-state index in [2.05, 4.69) is 4.74 Å². The van der Waals surface area contributed by atoms with Crippen molar-refractivity contribution in [3.63, 3.8) is 0 Å². The van der Waals surface area contributed by atoms with Gasteiger partial charge in [0.1, 0.15) is 28.8 Å². The average Bonchev–Trinajstić information content (AvgIpc) is 3.57. The molecule has 0 spiro atoms. The molecule has 3 aromatic rings. The van der Waals surface area contributed by atoms with E-state index in [0.717, 1.165) is 24.8 Å². The number of alkyl halides is 3. The van der Waals surface area contributed by atoms with Gasteiger partial charge in [-0.25, -0.2) is 26.3 Å². The van der Waals surface area contributed by atoms with Crippen LogP contribution < -0.4 is 4.74 Å². The highest BCUT2D eigenvalue weighted by Crippen LogP contribution is 2.47. The van der Waals surface area contributed by atoms with Gasteiger partial charge in [-0.15, -0.1) is 0 Å². The molecule has 43 heavy (non-hydrogen) atoms. The predicted octanol–water partition coefficient (Wildman–Crippen LogP) is 9.57. The molecule has 0 saturated heterocycles. The van der Waals surface area contributed by atoms with Gasteiger partial charge in [-0.2, -0.15) is 8.78 Å². The van der Waals surface area contributed by atoms with E-state index in [1.165, 1.54) is 12.1 Å². The molecule has 0 amide bonds. The summed E-state index contributed by atoms with van der Waals surface area (Å²) in [7, 11) is 0.500. The number of ether oxygens (including phenoxy) is 1. The highest BCUT2D eigenvalue weighted by molar-refractivity contribution is 5.68. The first-order valence-electron chi connectivity index (χ1n) is 13.2. The molecule has 1 aliphatic heterocycles. The molecule has 5 rings (SSSR count). The Kier molecular flexibility index (Phi) is 9.41. The van der Waals surface area contributed by atoms with Crippen molar-refractivity contribution in [1.29, 1.82) is 0 Å².